The first-order chi connectivity index (χ1) is 10.6. The quantitative estimate of drug-likeness (QED) is 0.836. The highest BCUT2D eigenvalue weighted by Gasteiger charge is 2.14. The normalized spacial score (nSPS) is 15.9. The van der Waals surface area contributed by atoms with Crippen LogP contribution in [0.2, 0.25) is 0 Å². The Bertz CT molecular complexity index is 851. The molecule has 2 aromatic heterocycles. The minimum atomic E-state index is -1.78. The molecule has 0 aliphatic carbocycles. The fourth-order valence-electron chi connectivity index (χ4n) is 2.08. The summed E-state index contributed by atoms with van der Waals surface area (Å²) in [7, 11) is 3.00. The summed E-state index contributed by atoms with van der Waals surface area (Å²) in [6, 6.07) is 0. The van der Waals surface area contributed by atoms with Crippen LogP contribution in [0.3, 0.4) is 0 Å². The van der Waals surface area contributed by atoms with Crippen molar-refractivity contribution in [2.24, 2.45) is 14.1 Å². The molecule has 0 saturated carbocycles. The number of aromatic nitrogens is 4. The van der Waals surface area contributed by atoms with Crippen LogP contribution in [0.5, 0.6) is 0 Å². The molecule has 0 amide bonds. The average Bonchev–Trinajstić information content (AvgIpc) is 2.76. The molecule has 2 aromatic rings. The molecule has 0 aromatic carbocycles. The van der Waals surface area contributed by atoms with Gasteiger partial charge < -0.3 is 9.67 Å². The van der Waals surface area contributed by atoms with Gasteiger partial charge in [0.25, 0.3) is 5.56 Å². The smallest absolute Gasteiger partial charge is 0.332 e. The minimum absolute atomic E-state index is 0.0212. The first-order valence-corrected chi connectivity index (χ1v) is 6.39. The minimum Gasteiger partial charge on any atom is -0.393 e. The van der Waals surface area contributed by atoms with E-state index < -0.39 is 23.7 Å². The molecular weight excluding hydrogens is 260 g/mol. The van der Waals surface area contributed by atoms with E-state index in [2.05, 4.69) is 4.98 Å². The van der Waals surface area contributed by atoms with Crippen LogP contribution in [-0.2, 0) is 20.6 Å². The Morgan fingerprint density at radius 2 is 2.15 bits per heavy atom. The molecule has 0 fully saturated rings. The zero-order chi connectivity index (χ0) is 17.5. The summed E-state index contributed by atoms with van der Waals surface area (Å²) in [5.41, 5.74) is -0.786. The van der Waals surface area contributed by atoms with Gasteiger partial charge in [0.05, 0.1) is 12.4 Å². The maximum absolute atomic E-state index is 12.5. The van der Waals surface area contributed by atoms with Crippen LogP contribution in [-0.4, -0.2) is 29.9 Å². The predicted molar refractivity (Wildman–Crippen MR) is 75.7 cm³/mol. The van der Waals surface area contributed by atoms with Crippen LogP contribution >= 0.6 is 0 Å². The van der Waals surface area contributed by atoms with Crippen molar-refractivity contribution in [1.29, 1.82) is 0 Å². The van der Waals surface area contributed by atoms with Crippen molar-refractivity contribution in [3.05, 3.63) is 27.1 Å². The van der Waals surface area contributed by atoms with Crippen molar-refractivity contribution in [2.45, 2.75) is 38.8 Å². The van der Waals surface area contributed by atoms with Gasteiger partial charge >= 0.3 is 5.69 Å². The second-order valence-electron chi connectivity index (χ2n) is 4.73. The third kappa shape index (κ3) is 2.53. The Morgan fingerprint density at radius 1 is 1.45 bits per heavy atom. The lowest BCUT2D eigenvalue weighted by Gasteiger charge is -2.09. The molecule has 110 valence electrons. The van der Waals surface area contributed by atoms with Crippen molar-refractivity contribution >= 4 is 11.2 Å². The van der Waals surface area contributed by atoms with Gasteiger partial charge in [0, 0.05) is 23.4 Å². The second kappa shape index (κ2) is 5.62. The predicted octanol–water partition coefficient (Wildman–Crippen LogP) is -0.0152. The third-order valence-electron chi connectivity index (χ3n) is 3.13. The number of nitrogens with zero attached hydrogens (tertiary/aromatic N) is 4. The van der Waals surface area contributed by atoms with Gasteiger partial charge in [0.1, 0.15) is 1.37 Å². The molecule has 0 unspecified atom stereocenters. The molecule has 2 heterocycles. The van der Waals surface area contributed by atoms with Gasteiger partial charge in [-0.15, -0.1) is 0 Å². The van der Waals surface area contributed by atoms with Crippen molar-refractivity contribution in [3.63, 3.8) is 0 Å². The number of hydrogen-bond acceptors (Lipinski definition) is 4. The zero-order valence-electron chi connectivity index (χ0n) is 14.8. The molecule has 0 spiro atoms. The molecule has 20 heavy (non-hydrogen) atoms. The van der Waals surface area contributed by atoms with E-state index in [1.54, 1.807) is 0 Å². The lowest BCUT2D eigenvalue weighted by atomic mass is 10.2. The Morgan fingerprint density at radius 3 is 2.80 bits per heavy atom. The molecule has 0 aliphatic heterocycles. The van der Waals surface area contributed by atoms with E-state index in [1.165, 1.54) is 30.2 Å². The average molecular weight is 283 g/mol. The van der Waals surface area contributed by atoms with Gasteiger partial charge in [-0.25, -0.2) is 9.78 Å². The molecular formula is C13H20N4O3. The topological polar surface area (TPSA) is 82.1 Å². The Kier molecular flexibility index (Phi) is 3.05. The van der Waals surface area contributed by atoms with Gasteiger partial charge in [-0.3, -0.25) is 13.9 Å². The van der Waals surface area contributed by atoms with Crippen LogP contribution in [0, 0.1) is 0 Å². The molecule has 2 rings (SSSR count). The van der Waals surface area contributed by atoms with Gasteiger partial charge in [-0.1, -0.05) is 0 Å². The fourth-order valence-corrected chi connectivity index (χ4v) is 2.08. The lowest BCUT2D eigenvalue weighted by molar-refractivity contribution is 0.180. The van der Waals surface area contributed by atoms with E-state index >= 15 is 0 Å². The first-order valence-electron chi connectivity index (χ1n) is 7.89. The highest BCUT2D eigenvalue weighted by molar-refractivity contribution is 5.69. The molecule has 7 heteroatoms. The SMILES string of the molecule is [2H]c1nc2c(c(=O)n(CCCC([2H])([2H])[C@H](C)O)c(=O)n2C)n1C. The number of aliphatic hydroxyl groups excluding tert-OH is 1. The number of fused-ring (bicyclic) bond motifs is 1. The summed E-state index contributed by atoms with van der Waals surface area (Å²) in [6.45, 7) is 1.40. The van der Waals surface area contributed by atoms with Crippen LogP contribution in [0.1, 0.15) is 30.3 Å². The highest BCUT2D eigenvalue weighted by atomic mass is 16.3. The molecule has 1 N–H and O–H groups in total. The molecule has 0 aliphatic rings. The number of aryl methyl sites for hydroxylation is 2. The summed E-state index contributed by atoms with van der Waals surface area (Å²) >= 11 is 0. The van der Waals surface area contributed by atoms with Crippen molar-refractivity contribution < 1.29 is 9.22 Å². The van der Waals surface area contributed by atoms with E-state index in [-0.39, 0.29) is 36.9 Å². The number of aliphatic hydroxyl groups is 1. The monoisotopic (exact) mass is 283 g/mol. The molecule has 7 nitrogen and oxygen atoms in total. The van der Waals surface area contributed by atoms with Crippen LogP contribution in [0.15, 0.2) is 15.9 Å². The van der Waals surface area contributed by atoms with Crippen molar-refractivity contribution in [2.75, 3.05) is 0 Å². The van der Waals surface area contributed by atoms with Crippen LogP contribution in [0.25, 0.3) is 11.2 Å². The Balaban J connectivity index is 2.41. The molecule has 0 bridgehead atoms. The Labute approximate surface area is 120 Å². The van der Waals surface area contributed by atoms with E-state index in [4.69, 9.17) is 4.11 Å². The summed E-state index contributed by atoms with van der Waals surface area (Å²) in [5.74, 6) is 0. The molecule has 0 radical (unpaired) electrons. The van der Waals surface area contributed by atoms with Crippen molar-refractivity contribution in [3.8, 4) is 0 Å². The van der Waals surface area contributed by atoms with E-state index in [0.29, 0.717) is 0 Å². The van der Waals surface area contributed by atoms with Gasteiger partial charge in [-0.05, 0) is 26.1 Å². The third-order valence-corrected chi connectivity index (χ3v) is 3.13. The Hall–Kier alpha value is -1.89. The van der Waals surface area contributed by atoms with Crippen LogP contribution in [0.4, 0.5) is 0 Å². The largest absolute Gasteiger partial charge is 0.393 e. The number of hydrogen-bond donors (Lipinski definition) is 1. The van der Waals surface area contributed by atoms with E-state index in [0.717, 1.165) is 4.57 Å². The van der Waals surface area contributed by atoms with Gasteiger partial charge in [0.15, 0.2) is 11.2 Å². The van der Waals surface area contributed by atoms with E-state index in [1.807, 2.05) is 0 Å². The fraction of sp³-hybridized carbons (Fsp3) is 0.615. The van der Waals surface area contributed by atoms with Crippen molar-refractivity contribution in [1.82, 2.24) is 18.7 Å². The molecule has 1 atom stereocenters. The summed E-state index contributed by atoms with van der Waals surface area (Å²) in [6.07, 6.45) is -2.78. The van der Waals surface area contributed by atoms with Crippen LogP contribution < -0.4 is 11.2 Å². The highest BCUT2D eigenvalue weighted by Crippen LogP contribution is 2.04. The summed E-state index contributed by atoms with van der Waals surface area (Å²) in [5, 5.41) is 9.37. The number of imidazole rings is 1. The zero-order valence-corrected chi connectivity index (χ0v) is 11.8. The van der Waals surface area contributed by atoms with Gasteiger partial charge in [-0.2, -0.15) is 0 Å². The molecule has 0 saturated heterocycles. The van der Waals surface area contributed by atoms with E-state index in [9.17, 15) is 14.7 Å². The summed E-state index contributed by atoms with van der Waals surface area (Å²) < 4.78 is 26.5. The standard InChI is InChI=1S/C13H20N4O3/c1-9(18)6-4-5-7-17-12(19)10-11(14-8-15(10)2)16(3)13(17)20/h8-9,18H,4-7H2,1-3H3/t9-/m0/s1/i6D2,8D. The lowest BCUT2D eigenvalue weighted by Crippen LogP contribution is -2.39. The van der Waals surface area contributed by atoms with Gasteiger partial charge in [0.2, 0.25) is 0 Å². The number of rotatable bonds is 5. The first kappa shape index (κ1) is 10.8. The maximum Gasteiger partial charge on any atom is 0.332 e. The summed E-state index contributed by atoms with van der Waals surface area (Å²) in [4.78, 5) is 28.7. The second-order valence-corrected chi connectivity index (χ2v) is 4.73. The maximum atomic E-state index is 12.5.